The molecule has 0 aliphatic heterocycles. The molecule has 6 nitrogen and oxygen atoms in total. The van der Waals surface area contributed by atoms with Gasteiger partial charge in [-0.2, -0.15) is 0 Å². The number of amides is 1. The summed E-state index contributed by atoms with van der Waals surface area (Å²) in [5, 5.41) is 0.202. The van der Waals surface area contributed by atoms with E-state index < -0.39 is 12.1 Å². The molecule has 0 aliphatic carbocycles. The Morgan fingerprint density at radius 2 is 1.84 bits per heavy atom. The zero-order chi connectivity index (χ0) is 18.6. The lowest BCUT2D eigenvalue weighted by atomic mass is 10.1. The van der Waals surface area contributed by atoms with Gasteiger partial charge in [0.25, 0.3) is 5.91 Å². The predicted octanol–water partition coefficient (Wildman–Crippen LogP) is 3.14. The maximum absolute atomic E-state index is 12.5. The summed E-state index contributed by atoms with van der Waals surface area (Å²) in [6, 6.07) is 11.8. The summed E-state index contributed by atoms with van der Waals surface area (Å²) in [4.78, 5) is 26.3. The third kappa shape index (κ3) is 4.22. The highest BCUT2D eigenvalue weighted by molar-refractivity contribution is 6.33. The average Bonchev–Trinajstić information content (AvgIpc) is 2.62. The number of likely N-dealkylation sites (N-methyl/N-ethyl adjacent to an activating group) is 1. The number of methoxy groups -OCH3 is 1. The molecule has 2 rings (SSSR count). The number of ether oxygens (including phenoxy) is 2. The average molecular weight is 363 g/mol. The van der Waals surface area contributed by atoms with Crippen molar-refractivity contribution in [3.8, 4) is 5.75 Å². The van der Waals surface area contributed by atoms with E-state index in [0.717, 1.165) is 0 Å². The molecule has 0 fully saturated rings. The molecule has 0 unspecified atom stereocenters. The SMILES string of the molecule is COc1cc(N)c(Cl)cc1C(=O)O[C@@H](C)C(=O)N(C)c1ccccc1. The summed E-state index contributed by atoms with van der Waals surface area (Å²) < 4.78 is 10.4. The topological polar surface area (TPSA) is 81.9 Å². The highest BCUT2D eigenvalue weighted by Gasteiger charge is 2.25. The van der Waals surface area contributed by atoms with Crippen LogP contribution in [0.25, 0.3) is 0 Å². The van der Waals surface area contributed by atoms with Crippen molar-refractivity contribution >= 4 is 34.9 Å². The zero-order valence-electron chi connectivity index (χ0n) is 14.2. The molecule has 2 aromatic rings. The van der Waals surface area contributed by atoms with E-state index in [9.17, 15) is 9.59 Å². The summed E-state index contributed by atoms with van der Waals surface area (Å²) >= 11 is 5.95. The van der Waals surface area contributed by atoms with Gasteiger partial charge in [-0.3, -0.25) is 4.79 Å². The van der Waals surface area contributed by atoms with Crippen LogP contribution < -0.4 is 15.4 Å². The first-order valence-corrected chi connectivity index (χ1v) is 7.89. The van der Waals surface area contributed by atoms with Gasteiger partial charge in [-0.15, -0.1) is 0 Å². The predicted molar refractivity (Wildman–Crippen MR) is 97.1 cm³/mol. The lowest BCUT2D eigenvalue weighted by molar-refractivity contribution is -0.126. The Labute approximate surface area is 151 Å². The highest BCUT2D eigenvalue weighted by atomic mass is 35.5. The van der Waals surface area contributed by atoms with Crippen molar-refractivity contribution in [2.45, 2.75) is 13.0 Å². The normalized spacial score (nSPS) is 11.5. The third-order valence-electron chi connectivity index (χ3n) is 3.64. The van der Waals surface area contributed by atoms with E-state index >= 15 is 0 Å². The van der Waals surface area contributed by atoms with Crippen molar-refractivity contribution in [2.24, 2.45) is 0 Å². The number of para-hydroxylation sites is 1. The molecular formula is C18H19ClN2O4. The van der Waals surface area contributed by atoms with Gasteiger partial charge in [0, 0.05) is 18.8 Å². The number of halogens is 1. The minimum absolute atomic E-state index is 0.101. The molecule has 1 atom stereocenters. The Hall–Kier alpha value is -2.73. The fourth-order valence-electron chi connectivity index (χ4n) is 2.22. The molecule has 132 valence electrons. The van der Waals surface area contributed by atoms with Gasteiger partial charge in [-0.05, 0) is 25.1 Å². The van der Waals surface area contributed by atoms with Gasteiger partial charge in [0.2, 0.25) is 0 Å². The molecule has 0 spiro atoms. The number of carbonyl (C=O) groups is 2. The molecule has 0 aliphatic rings. The van der Waals surface area contributed by atoms with Crippen molar-refractivity contribution < 1.29 is 19.1 Å². The number of carbonyl (C=O) groups excluding carboxylic acids is 2. The third-order valence-corrected chi connectivity index (χ3v) is 3.97. The van der Waals surface area contributed by atoms with Crippen molar-refractivity contribution in [3.05, 3.63) is 53.1 Å². The monoisotopic (exact) mass is 362 g/mol. The van der Waals surface area contributed by atoms with Crippen molar-refractivity contribution in [1.82, 2.24) is 0 Å². The molecule has 0 bridgehead atoms. The molecule has 7 heteroatoms. The van der Waals surface area contributed by atoms with Gasteiger partial charge in [-0.1, -0.05) is 29.8 Å². The fraction of sp³-hybridized carbons (Fsp3) is 0.222. The number of nitrogen functional groups attached to an aromatic ring is 1. The summed E-state index contributed by atoms with van der Waals surface area (Å²) in [5.41, 5.74) is 6.77. The van der Waals surface area contributed by atoms with Crippen LogP contribution in [0.1, 0.15) is 17.3 Å². The van der Waals surface area contributed by atoms with E-state index in [1.807, 2.05) is 18.2 Å². The van der Waals surface area contributed by atoms with Crippen LogP contribution in [0.2, 0.25) is 5.02 Å². The van der Waals surface area contributed by atoms with Gasteiger partial charge < -0.3 is 20.1 Å². The largest absolute Gasteiger partial charge is 0.496 e. The summed E-state index contributed by atoms with van der Waals surface area (Å²) in [6.07, 6.45) is -0.987. The van der Waals surface area contributed by atoms with Crippen LogP contribution >= 0.6 is 11.6 Å². The summed E-state index contributed by atoms with van der Waals surface area (Å²) in [7, 11) is 3.01. The van der Waals surface area contributed by atoms with Crippen molar-refractivity contribution in [1.29, 1.82) is 0 Å². The first-order chi connectivity index (χ1) is 11.8. The van der Waals surface area contributed by atoms with Crippen LogP contribution in [0.4, 0.5) is 11.4 Å². The number of hydrogen-bond donors (Lipinski definition) is 1. The molecule has 0 aromatic heterocycles. The number of rotatable bonds is 5. The van der Waals surface area contributed by atoms with Crippen molar-refractivity contribution in [3.63, 3.8) is 0 Å². The first-order valence-electron chi connectivity index (χ1n) is 7.51. The van der Waals surface area contributed by atoms with E-state index in [1.54, 1.807) is 19.2 Å². The van der Waals surface area contributed by atoms with Gasteiger partial charge in [-0.25, -0.2) is 4.79 Å². The Morgan fingerprint density at radius 3 is 2.44 bits per heavy atom. The second-order valence-corrected chi connectivity index (χ2v) is 5.76. The summed E-state index contributed by atoms with van der Waals surface area (Å²) in [6.45, 7) is 1.51. The number of anilines is 2. The van der Waals surface area contributed by atoms with Crippen LogP contribution in [0.5, 0.6) is 5.75 Å². The minimum Gasteiger partial charge on any atom is -0.496 e. The van der Waals surface area contributed by atoms with E-state index in [4.69, 9.17) is 26.8 Å². The van der Waals surface area contributed by atoms with Crippen LogP contribution in [-0.4, -0.2) is 32.1 Å². The van der Waals surface area contributed by atoms with E-state index in [0.29, 0.717) is 5.69 Å². The molecule has 25 heavy (non-hydrogen) atoms. The van der Waals surface area contributed by atoms with E-state index in [-0.39, 0.29) is 27.9 Å². The van der Waals surface area contributed by atoms with E-state index in [2.05, 4.69) is 0 Å². The second kappa shape index (κ2) is 7.90. The molecule has 0 saturated heterocycles. The quantitative estimate of drug-likeness (QED) is 0.652. The molecule has 0 heterocycles. The fourth-order valence-corrected chi connectivity index (χ4v) is 2.39. The Morgan fingerprint density at radius 1 is 1.20 bits per heavy atom. The van der Waals surface area contributed by atoms with Crippen LogP contribution in [0, 0.1) is 0 Å². The van der Waals surface area contributed by atoms with Gasteiger partial charge in [0.15, 0.2) is 6.10 Å². The van der Waals surface area contributed by atoms with Gasteiger partial charge >= 0.3 is 5.97 Å². The summed E-state index contributed by atoms with van der Waals surface area (Å²) in [5.74, 6) is -0.857. The lowest BCUT2D eigenvalue weighted by Crippen LogP contribution is -2.37. The molecular weight excluding hydrogens is 344 g/mol. The van der Waals surface area contributed by atoms with Crippen LogP contribution in [0.15, 0.2) is 42.5 Å². The molecule has 2 N–H and O–H groups in total. The maximum Gasteiger partial charge on any atom is 0.342 e. The van der Waals surface area contributed by atoms with Crippen molar-refractivity contribution in [2.75, 3.05) is 24.8 Å². The number of benzene rings is 2. The van der Waals surface area contributed by atoms with Gasteiger partial charge in [0.1, 0.15) is 11.3 Å². The lowest BCUT2D eigenvalue weighted by Gasteiger charge is -2.22. The highest BCUT2D eigenvalue weighted by Crippen LogP contribution is 2.29. The molecule has 1 amide bonds. The Balaban J connectivity index is 2.15. The number of hydrogen-bond acceptors (Lipinski definition) is 5. The molecule has 2 aromatic carbocycles. The van der Waals surface area contributed by atoms with Crippen LogP contribution in [0.3, 0.4) is 0 Å². The Bertz CT molecular complexity index is 780. The first kappa shape index (κ1) is 18.6. The minimum atomic E-state index is -0.987. The maximum atomic E-state index is 12.5. The van der Waals surface area contributed by atoms with Gasteiger partial charge in [0.05, 0.1) is 17.8 Å². The van der Waals surface area contributed by atoms with Crippen LogP contribution in [-0.2, 0) is 9.53 Å². The molecule has 0 radical (unpaired) electrons. The molecule has 0 saturated carbocycles. The van der Waals surface area contributed by atoms with E-state index in [1.165, 1.54) is 31.1 Å². The standard InChI is InChI=1S/C18H19ClN2O4/c1-11(17(22)21(2)12-7-5-4-6-8-12)25-18(23)13-9-14(19)15(20)10-16(13)24-3/h4-11H,20H2,1-3H3/t11-/m0/s1. The second-order valence-electron chi connectivity index (χ2n) is 5.35. The number of esters is 1. The zero-order valence-corrected chi connectivity index (χ0v) is 14.9. The number of nitrogens with two attached hydrogens (primary N) is 1. The number of nitrogens with zero attached hydrogens (tertiary/aromatic N) is 1. The Kier molecular flexibility index (Phi) is 5.88. The smallest absolute Gasteiger partial charge is 0.342 e.